The summed E-state index contributed by atoms with van der Waals surface area (Å²) in [5, 5.41) is 0. The molecule has 3 nitrogen and oxygen atoms in total. The lowest BCUT2D eigenvalue weighted by molar-refractivity contribution is 0.820. The molecule has 2 rings (SSSR count). The van der Waals surface area contributed by atoms with Crippen LogP contribution in [-0.4, -0.2) is 14.5 Å². The summed E-state index contributed by atoms with van der Waals surface area (Å²) in [6, 6.07) is 3.89. The molecule has 2 heterocycles. The average molecular weight is 240 g/mol. The zero-order valence-corrected chi connectivity index (χ0v) is 9.17. The van der Waals surface area contributed by atoms with Crippen LogP contribution in [0.1, 0.15) is 12.7 Å². The number of aromatic nitrogens is 3. The number of imidazole rings is 1. The van der Waals surface area contributed by atoms with Gasteiger partial charge in [0.2, 0.25) is 0 Å². The fourth-order valence-electron chi connectivity index (χ4n) is 1.40. The number of pyridine rings is 1. The predicted octanol–water partition coefficient (Wildman–Crippen LogP) is 2.29. The second-order valence-electron chi connectivity index (χ2n) is 2.92. The topological polar surface area (TPSA) is 30.7 Å². The first-order valence-electron chi connectivity index (χ1n) is 4.20. The zero-order valence-electron chi connectivity index (χ0n) is 7.58. The highest BCUT2D eigenvalue weighted by Crippen LogP contribution is 2.16. The van der Waals surface area contributed by atoms with Crippen molar-refractivity contribution in [3.63, 3.8) is 0 Å². The molecule has 0 atom stereocenters. The summed E-state index contributed by atoms with van der Waals surface area (Å²) in [4.78, 5) is 8.81. The van der Waals surface area contributed by atoms with Crippen molar-refractivity contribution in [1.29, 1.82) is 0 Å². The molecule has 0 aliphatic heterocycles. The van der Waals surface area contributed by atoms with E-state index in [4.69, 9.17) is 0 Å². The van der Waals surface area contributed by atoms with Gasteiger partial charge in [-0.2, -0.15) is 0 Å². The molecule has 0 spiro atoms. The van der Waals surface area contributed by atoms with Crippen molar-refractivity contribution in [3.8, 4) is 0 Å². The van der Waals surface area contributed by atoms with E-state index in [9.17, 15) is 0 Å². The Hall–Kier alpha value is -0.900. The number of hydrogen-bond donors (Lipinski definition) is 0. The van der Waals surface area contributed by atoms with E-state index in [-0.39, 0.29) is 0 Å². The standard InChI is InChI=1S/C9H10BrN3/c1-3-8-11-6-4-5-7(10)12-9(6)13(8)2/h4-5H,3H2,1-2H3. The van der Waals surface area contributed by atoms with Crippen LogP contribution in [0.5, 0.6) is 0 Å². The van der Waals surface area contributed by atoms with Crippen molar-refractivity contribution < 1.29 is 0 Å². The second kappa shape index (κ2) is 3.10. The van der Waals surface area contributed by atoms with Crippen molar-refractivity contribution >= 4 is 27.1 Å². The molecule has 0 fully saturated rings. The van der Waals surface area contributed by atoms with Gasteiger partial charge < -0.3 is 4.57 Å². The number of nitrogens with zero attached hydrogens (tertiary/aromatic N) is 3. The summed E-state index contributed by atoms with van der Waals surface area (Å²) in [5.74, 6) is 1.07. The van der Waals surface area contributed by atoms with Crippen LogP contribution in [0, 0.1) is 0 Å². The molecule has 68 valence electrons. The molecular formula is C9H10BrN3. The van der Waals surface area contributed by atoms with Crippen LogP contribution < -0.4 is 0 Å². The third kappa shape index (κ3) is 1.35. The molecule has 0 aromatic carbocycles. The van der Waals surface area contributed by atoms with Gasteiger partial charge in [-0.25, -0.2) is 9.97 Å². The summed E-state index contributed by atoms with van der Waals surface area (Å²) in [7, 11) is 1.99. The van der Waals surface area contributed by atoms with Gasteiger partial charge in [-0.15, -0.1) is 0 Å². The monoisotopic (exact) mass is 239 g/mol. The van der Waals surface area contributed by atoms with Crippen LogP contribution in [0.4, 0.5) is 0 Å². The smallest absolute Gasteiger partial charge is 0.161 e. The van der Waals surface area contributed by atoms with Crippen molar-refractivity contribution in [2.45, 2.75) is 13.3 Å². The second-order valence-corrected chi connectivity index (χ2v) is 3.73. The first-order valence-corrected chi connectivity index (χ1v) is 4.99. The Morgan fingerprint density at radius 2 is 2.15 bits per heavy atom. The van der Waals surface area contributed by atoms with Crippen molar-refractivity contribution in [1.82, 2.24) is 14.5 Å². The lowest BCUT2D eigenvalue weighted by Crippen LogP contribution is -1.96. The molecule has 0 amide bonds. The van der Waals surface area contributed by atoms with Crippen LogP contribution >= 0.6 is 15.9 Å². The summed E-state index contributed by atoms with van der Waals surface area (Å²) < 4.78 is 2.88. The number of hydrogen-bond acceptors (Lipinski definition) is 2. The van der Waals surface area contributed by atoms with Crippen molar-refractivity contribution in [2.24, 2.45) is 7.05 Å². The minimum absolute atomic E-state index is 0.852. The van der Waals surface area contributed by atoms with E-state index in [1.807, 2.05) is 23.7 Å². The van der Waals surface area contributed by atoms with Gasteiger partial charge in [0.25, 0.3) is 0 Å². The quantitative estimate of drug-likeness (QED) is 0.716. The molecule has 0 saturated carbocycles. The van der Waals surface area contributed by atoms with Gasteiger partial charge in [-0.05, 0) is 28.1 Å². The van der Waals surface area contributed by atoms with Crippen LogP contribution in [0.3, 0.4) is 0 Å². The largest absolute Gasteiger partial charge is 0.316 e. The Kier molecular flexibility index (Phi) is 2.07. The highest BCUT2D eigenvalue weighted by molar-refractivity contribution is 9.10. The van der Waals surface area contributed by atoms with Gasteiger partial charge in [0, 0.05) is 13.5 Å². The lowest BCUT2D eigenvalue weighted by atomic mass is 10.4. The van der Waals surface area contributed by atoms with E-state index in [1.165, 1.54) is 0 Å². The van der Waals surface area contributed by atoms with E-state index in [0.29, 0.717) is 0 Å². The highest BCUT2D eigenvalue weighted by Gasteiger charge is 2.06. The Bertz CT molecular complexity index is 447. The normalized spacial score (nSPS) is 11.0. The van der Waals surface area contributed by atoms with E-state index in [0.717, 1.165) is 28.0 Å². The Morgan fingerprint density at radius 3 is 2.85 bits per heavy atom. The predicted molar refractivity (Wildman–Crippen MR) is 55.6 cm³/mol. The van der Waals surface area contributed by atoms with Crippen molar-refractivity contribution in [3.05, 3.63) is 22.6 Å². The van der Waals surface area contributed by atoms with Gasteiger partial charge in [-0.1, -0.05) is 6.92 Å². The molecule has 0 aliphatic carbocycles. The SMILES string of the molecule is CCc1nc2ccc(Br)nc2n1C. The zero-order chi connectivity index (χ0) is 9.42. The summed E-state index contributed by atoms with van der Waals surface area (Å²) >= 11 is 3.35. The maximum Gasteiger partial charge on any atom is 0.161 e. The average Bonchev–Trinajstić information content (AvgIpc) is 2.44. The van der Waals surface area contributed by atoms with Gasteiger partial charge in [0.1, 0.15) is 15.9 Å². The van der Waals surface area contributed by atoms with Gasteiger partial charge >= 0.3 is 0 Å². The molecule has 0 aliphatic rings. The Balaban J connectivity index is 2.77. The highest BCUT2D eigenvalue weighted by atomic mass is 79.9. The third-order valence-electron chi connectivity index (χ3n) is 2.09. The molecule has 0 bridgehead atoms. The number of rotatable bonds is 1. The number of fused-ring (bicyclic) bond motifs is 1. The third-order valence-corrected chi connectivity index (χ3v) is 2.53. The summed E-state index contributed by atoms with van der Waals surface area (Å²) in [6.45, 7) is 2.09. The first-order chi connectivity index (χ1) is 6.22. The molecule has 4 heteroatoms. The van der Waals surface area contributed by atoms with Crippen LogP contribution in [-0.2, 0) is 13.5 Å². The molecule has 0 unspecified atom stereocenters. The summed E-state index contributed by atoms with van der Waals surface area (Å²) in [6.07, 6.45) is 0.935. The van der Waals surface area contributed by atoms with E-state index < -0.39 is 0 Å². The Morgan fingerprint density at radius 1 is 1.38 bits per heavy atom. The molecule has 2 aromatic rings. The number of halogens is 1. The summed E-state index contributed by atoms with van der Waals surface area (Å²) in [5.41, 5.74) is 1.90. The van der Waals surface area contributed by atoms with Crippen LogP contribution in [0.15, 0.2) is 16.7 Å². The fourth-order valence-corrected chi connectivity index (χ4v) is 1.70. The molecule has 0 N–H and O–H groups in total. The van der Waals surface area contributed by atoms with E-state index in [2.05, 4.69) is 32.8 Å². The lowest BCUT2D eigenvalue weighted by Gasteiger charge is -1.96. The molecule has 13 heavy (non-hydrogen) atoms. The van der Waals surface area contributed by atoms with Gasteiger partial charge in [-0.3, -0.25) is 0 Å². The van der Waals surface area contributed by atoms with E-state index in [1.54, 1.807) is 0 Å². The maximum atomic E-state index is 4.45. The Labute approximate surface area is 84.9 Å². The fraction of sp³-hybridized carbons (Fsp3) is 0.333. The molecular weight excluding hydrogens is 230 g/mol. The van der Waals surface area contributed by atoms with Crippen LogP contribution in [0.2, 0.25) is 0 Å². The molecule has 0 saturated heterocycles. The maximum absolute atomic E-state index is 4.45. The molecule has 0 radical (unpaired) electrons. The van der Waals surface area contributed by atoms with Crippen LogP contribution in [0.25, 0.3) is 11.2 Å². The van der Waals surface area contributed by atoms with Gasteiger partial charge in [0.05, 0.1) is 0 Å². The minimum atomic E-state index is 0.852. The van der Waals surface area contributed by atoms with E-state index >= 15 is 0 Å². The first kappa shape index (κ1) is 8.69. The van der Waals surface area contributed by atoms with Gasteiger partial charge in [0.15, 0.2) is 5.65 Å². The van der Waals surface area contributed by atoms with Crippen molar-refractivity contribution in [2.75, 3.05) is 0 Å². The number of aryl methyl sites for hydroxylation is 2. The molecule has 2 aromatic heterocycles. The minimum Gasteiger partial charge on any atom is -0.316 e.